The lowest BCUT2D eigenvalue weighted by Gasteiger charge is -2.10. The van der Waals surface area contributed by atoms with Crippen molar-refractivity contribution in [2.24, 2.45) is 0 Å². The number of nitrogens with one attached hydrogen (secondary N) is 2. The SMILES string of the molecule is CNC(=O)c1cn(CC(F)CCc2ccc(NC(=O)Cc3cc(C(F)(F)F)cc(C)n3)nn2)nn1. The van der Waals surface area contributed by atoms with Gasteiger partial charge in [-0.15, -0.1) is 10.2 Å². The summed E-state index contributed by atoms with van der Waals surface area (Å²) < 4.78 is 54.4. The fraction of sp³-hybridized carbons (Fsp3) is 0.381. The smallest absolute Gasteiger partial charge is 0.354 e. The zero-order valence-electron chi connectivity index (χ0n) is 18.8. The van der Waals surface area contributed by atoms with Gasteiger partial charge in [-0.05, 0) is 44.0 Å². The molecule has 3 rings (SSSR count). The third-order valence-corrected chi connectivity index (χ3v) is 4.76. The van der Waals surface area contributed by atoms with Crippen molar-refractivity contribution >= 4 is 17.6 Å². The molecule has 0 spiro atoms. The fourth-order valence-electron chi connectivity index (χ4n) is 3.12. The Hall–Kier alpha value is -3.97. The first kappa shape index (κ1) is 25.6. The Balaban J connectivity index is 1.49. The van der Waals surface area contributed by atoms with Gasteiger partial charge in [-0.25, -0.2) is 9.07 Å². The third kappa shape index (κ3) is 7.52. The van der Waals surface area contributed by atoms with Gasteiger partial charge in [0.1, 0.15) is 6.17 Å². The van der Waals surface area contributed by atoms with Gasteiger partial charge in [0.15, 0.2) is 11.5 Å². The summed E-state index contributed by atoms with van der Waals surface area (Å²) in [5, 5.41) is 20.0. The van der Waals surface area contributed by atoms with Gasteiger partial charge < -0.3 is 10.6 Å². The van der Waals surface area contributed by atoms with E-state index in [-0.39, 0.29) is 48.7 Å². The molecule has 2 amide bonds. The Kier molecular flexibility index (Phi) is 8.04. The van der Waals surface area contributed by atoms with Gasteiger partial charge in [0.25, 0.3) is 5.91 Å². The van der Waals surface area contributed by atoms with Gasteiger partial charge in [0.05, 0.1) is 36.1 Å². The van der Waals surface area contributed by atoms with E-state index >= 15 is 0 Å². The molecule has 0 aromatic carbocycles. The minimum Gasteiger partial charge on any atom is -0.354 e. The molecule has 0 aliphatic carbocycles. The maximum Gasteiger partial charge on any atom is 0.416 e. The van der Waals surface area contributed by atoms with E-state index in [9.17, 15) is 27.2 Å². The molecule has 0 fully saturated rings. The molecule has 10 nitrogen and oxygen atoms in total. The Labute approximate surface area is 197 Å². The summed E-state index contributed by atoms with van der Waals surface area (Å²) in [5.41, 5.74) is -0.191. The van der Waals surface area contributed by atoms with Crippen LogP contribution in [0.4, 0.5) is 23.4 Å². The van der Waals surface area contributed by atoms with Crippen molar-refractivity contribution in [3.05, 3.63) is 58.8 Å². The lowest BCUT2D eigenvalue weighted by molar-refractivity contribution is -0.137. The lowest BCUT2D eigenvalue weighted by Crippen LogP contribution is -2.18. The summed E-state index contributed by atoms with van der Waals surface area (Å²) in [4.78, 5) is 27.6. The van der Waals surface area contributed by atoms with Crippen LogP contribution in [0.3, 0.4) is 0 Å². The zero-order valence-corrected chi connectivity index (χ0v) is 18.8. The van der Waals surface area contributed by atoms with E-state index in [0.717, 1.165) is 12.1 Å². The molecule has 0 saturated carbocycles. The Bertz CT molecular complexity index is 1180. The van der Waals surface area contributed by atoms with Gasteiger partial charge in [-0.1, -0.05) is 5.21 Å². The predicted molar refractivity (Wildman–Crippen MR) is 115 cm³/mol. The molecule has 3 aromatic heterocycles. The van der Waals surface area contributed by atoms with Crippen LogP contribution < -0.4 is 10.6 Å². The van der Waals surface area contributed by atoms with E-state index in [4.69, 9.17) is 0 Å². The molecule has 3 heterocycles. The third-order valence-electron chi connectivity index (χ3n) is 4.76. The van der Waals surface area contributed by atoms with Crippen molar-refractivity contribution in [3.8, 4) is 0 Å². The molecule has 0 bridgehead atoms. The van der Waals surface area contributed by atoms with Crippen LogP contribution in [0.5, 0.6) is 0 Å². The molecular formula is C21H22F4N8O2. The largest absolute Gasteiger partial charge is 0.416 e. The number of hydrogen-bond donors (Lipinski definition) is 2. The molecule has 35 heavy (non-hydrogen) atoms. The minimum absolute atomic E-state index is 0.0248. The van der Waals surface area contributed by atoms with Crippen molar-refractivity contribution < 1.29 is 27.2 Å². The first-order valence-corrected chi connectivity index (χ1v) is 10.5. The topological polar surface area (TPSA) is 128 Å². The van der Waals surface area contributed by atoms with Crippen LogP contribution in [0.2, 0.25) is 0 Å². The van der Waals surface area contributed by atoms with Gasteiger partial charge in [-0.3, -0.25) is 14.6 Å². The molecular weight excluding hydrogens is 472 g/mol. The average molecular weight is 494 g/mol. The summed E-state index contributed by atoms with van der Waals surface area (Å²) in [7, 11) is 1.45. The van der Waals surface area contributed by atoms with Gasteiger partial charge in [-0.2, -0.15) is 18.3 Å². The summed E-state index contributed by atoms with van der Waals surface area (Å²) in [6.45, 7) is 1.32. The number of anilines is 1. The van der Waals surface area contributed by atoms with Gasteiger partial charge in [0.2, 0.25) is 5.91 Å². The highest BCUT2D eigenvalue weighted by molar-refractivity contribution is 5.91. The molecule has 1 atom stereocenters. The van der Waals surface area contributed by atoms with Crippen molar-refractivity contribution in [2.75, 3.05) is 12.4 Å². The molecule has 0 saturated heterocycles. The fourth-order valence-corrected chi connectivity index (χ4v) is 3.12. The zero-order chi connectivity index (χ0) is 25.6. The summed E-state index contributed by atoms with van der Waals surface area (Å²) in [6, 6.07) is 4.75. The number of pyridine rings is 1. The standard InChI is InChI=1S/C21H22F4N8O2/c1-12-7-13(21(23,24)25)8-16(27-12)9-19(34)28-18-6-5-15(29-31-18)4-3-14(22)10-33-11-17(30-32-33)20(35)26-2/h5-8,11,14H,3-4,9-10H2,1-2H3,(H,26,35)(H,28,31,34). The van der Waals surface area contributed by atoms with Crippen LogP contribution in [0, 0.1) is 6.92 Å². The van der Waals surface area contributed by atoms with E-state index in [2.05, 4.69) is 36.1 Å². The number of amides is 2. The lowest BCUT2D eigenvalue weighted by atomic mass is 10.1. The number of carbonyl (C=O) groups excluding carboxylic acids is 2. The number of halogens is 4. The Morgan fingerprint density at radius 2 is 1.89 bits per heavy atom. The number of aryl methyl sites for hydroxylation is 2. The van der Waals surface area contributed by atoms with Crippen LogP contribution in [0.15, 0.2) is 30.5 Å². The van der Waals surface area contributed by atoms with Gasteiger partial charge >= 0.3 is 6.18 Å². The van der Waals surface area contributed by atoms with Crippen molar-refractivity contribution in [1.29, 1.82) is 0 Å². The molecule has 0 aliphatic heterocycles. The highest BCUT2D eigenvalue weighted by Gasteiger charge is 2.31. The molecule has 14 heteroatoms. The van der Waals surface area contributed by atoms with Crippen molar-refractivity contribution in [1.82, 2.24) is 35.5 Å². The minimum atomic E-state index is -4.54. The van der Waals surface area contributed by atoms with Crippen LogP contribution in [-0.2, 0) is 30.4 Å². The number of rotatable bonds is 9. The van der Waals surface area contributed by atoms with Gasteiger partial charge in [0, 0.05) is 12.7 Å². The van der Waals surface area contributed by atoms with E-state index < -0.39 is 29.7 Å². The molecule has 0 aliphatic rings. The number of aromatic nitrogens is 6. The number of carbonyl (C=O) groups is 2. The first-order chi connectivity index (χ1) is 16.5. The normalized spacial score (nSPS) is 12.3. The van der Waals surface area contributed by atoms with E-state index in [0.29, 0.717) is 5.69 Å². The second-order valence-corrected chi connectivity index (χ2v) is 7.66. The number of hydrogen-bond acceptors (Lipinski definition) is 7. The maximum atomic E-state index is 14.3. The van der Waals surface area contributed by atoms with Crippen LogP contribution in [0.1, 0.15) is 39.6 Å². The highest BCUT2D eigenvalue weighted by Crippen LogP contribution is 2.30. The summed E-state index contributed by atoms with van der Waals surface area (Å²) in [5.74, 6) is -0.926. The Morgan fingerprint density at radius 1 is 1.11 bits per heavy atom. The summed E-state index contributed by atoms with van der Waals surface area (Å²) in [6.07, 6.45) is -4.48. The van der Waals surface area contributed by atoms with Crippen LogP contribution in [0.25, 0.3) is 0 Å². The molecule has 2 N–H and O–H groups in total. The van der Waals surface area contributed by atoms with Crippen molar-refractivity contribution in [2.45, 2.75) is 45.1 Å². The average Bonchev–Trinajstić information content (AvgIpc) is 3.25. The van der Waals surface area contributed by atoms with Crippen molar-refractivity contribution in [3.63, 3.8) is 0 Å². The van der Waals surface area contributed by atoms with E-state index in [1.165, 1.54) is 30.9 Å². The maximum absolute atomic E-state index is 14.3. The van der Waals surface area contributed by atoms with Crippen LogP contribution in [-0.4, -0.2) is 55.2 Å². The molecule has 186 valence electrons. The predicted octanol–water partition coefficient (Wildman–Crippen LogP) is 2.30. The van der Waals surface area contributed by atoms with E-state index in [1.807, 2.05) is 0 Å². The number of alkyl halides is 4. The Morgan fingerprint density at radius 3 is 2.54 bits per heavy atom. The first-order valence-electron chi connectivity index (χ1n) is 10.5. The molecule has 1 unspecified atom stereocenters. The monoisotopic (exact) mass is 494 g/mol. The van der Waals surface area contributed by atoms with E-state index in [1.54, 1.807) is 6.07 Å². The highest BCUT2D eigenvalue weighted by atomic mass is 19.4. The quantitative estimate of drug-likeness (QED) is 0.437. The summed E-state index contributed by atoms with van der Waals surface area (Å²) >= 11 is 0. The second kappa shape index (κ2) is 11.0. The molecule has 0 radical (unpaired) electrons. The number of nitrogens with zero attached hydrogens (tertiary/aromatic N) is 6. The second-order valence-electron chi connectivity index (χ2n) is 7.66. The van der Waals surface area contributed by atoms with Crippen LogP contribution >= 0.6 is 0 Å². The molecule has 3 aromatic rings.